The SMILES string of the molecule is C=CC12CCc3cc(NS(=O)(=O)O)ccc3C1[C@@H](CCCCCCCN1CCOCC1)C[C@@]1(C)C2CC[C@@H]1O. The van der Waals surface area contributed by atoms with Gasteiger partial charge >= 0.3 is 10.3 Å². The molecule has 0 aromatic heterocycles. The van der Waals surface area contributed by atoms with Gasteiger partial charge in [-0.3, -0.25) is 14.2 Å². The van der Waals surface area contributed by atoms with E-state index < -0.39 is 10.3 Å². The minimum absolute atomic E-state index is 0.0572. The largest absolute Gasteiger partial charge is 0.393 e. The van der Waals surface area contributed by atoms with Crippen molar-refractivity contribution in [3.8, 4) is 0 Å². The minimum atomic E-state index is -4.31. The third-order valence-corrected chi connectivity index (χ3v) is 11.3. The Hall–Kier alpha value is -1.45. The molecule has 3 fully saturated rings. The highest BCUT2D eigenvalue weighted by molar-refractivity contribution is 7.87. The fourth-order valence-electron chi connectivity index (χ4n) is 9.02. The van der Waals surface area contributed by atoms with Crippen molar-refractivity contribution in [3.05, 3.63) is 42.0 Å². The highest BCUT2D eigenvalue weighted by Gasteiger charge is 2.63. The molecule has 1 saturated heterocycles. The van der Waals surface area contributed by atoms with Crippen LogP contribution in [0.5, 0.6) is 0 Å². The molecular weight excluding hydrogens is 512 g/mol. The number of unbranched alkanes of at least 4 members (excludes halogenated alkanes) is 4. The van der Waals surface area contributed by atoms with Crippen molar-refractivity contribution >= 4 is 16.0 Å². The summed E-state index contributed by atoms with van der Waals surface area (Å²) in [5, 5.41) is 11.2. The number of anilines is 1. The van der Waals surface area contributed by atoms with Crippen molar-refractivity contribution in [2.24, 2.45) is 22.7 Å². The van der Waals surface area contributed by atoms with Gasteiger partial charge in [0.2, 0.25) is 0 Å². The number of nitrogens with zero attached hydrogens (tertiary/aromatic N) is 1. The summed E-state index contributed by atoms with van der Waals surface area (Å²) in [4.78, 5) is 2.52. The Morgan fingerprint density at radius 1 is 1.15 bits per heavy atom. The molecule has 0 bridgehead atoms. The van der Waals surface area contributed by atoms with Crippen LogP contribution in [-0.4, -0.2) is 61.9 Å². The monoisotopic (exact) mass is 560 g/mol. The number of aryl methyl sites for hydroxylation is 1. The number of hydrogen-bond donors (Lipinski definition) is 3. The van der Waals surface area contributed by atoms with Crippen LogP contribution >= 0.6 is 0 Å². The van der Waals surface area contributed by atoms with Crippen molar-refractivity contribution in [1.82, 2.24) is 4.90 Å². The van der Waals surface area contributed by atoms with Gasteiger partial charge in [-0.25, -0.2) is 0 Å². The highest BCUT2D eigenvalue weighted by atomic mass is 32.2. The molecule has 3 unspecified atom stereocenters. The average Bonchev–Trinajstić information content (AvgIpc) is 3.21. The Morgan fingerprint density at radius 2 is 1.90 bits per heavy atom. The van der Waals surface area contributed by atoms with E-state index in [-0.39, 0.29) is 16.9 Å². The number of aliphatic hydroxyl groups excluding tert-OH is 1. The van der Waals surface area contributed by atoms with Gasteiger partial charge < -0.3 is 9.84 Å². The zero-order valence-corrected chi connectivity index (χ0v) is 24.4. The summed E-state index contributed by atoms with van der Waals surface area (Å²) in [5.41, 5.74) is 2.74. The number of allylic oxidation sites excluding steroid dienone is 1. The average molecular weight is 561 g/mol. The van der Waals surface area contributed by atoms with E-state index in [1.807, 2.05) is 6.07 Å². The molecule has 8 heteroatoms. The van der Waals surface area contributed by atoms with Gasteiger partial charge in [-0.2, -0.15) is 8.42 Å². The molecule has 7 nitrogen and oxygen atoms in total. The van der Waals surface area contributed by atoms with Crippen LogP contribution < -0.4 is 4.72 Å². The summed E-state index contributed by atoms with van der Waals surface area (Å²) in [6.45, 7) is 11.8. The first-order chi connectivity index (χ1) is 18.7. The summed E-state index contributed by atoms with van der Waals surface area (Å²) in [5.74, 6) is 1.18. The first-order valence-corrected chi connectivity index (χ1v) is 16.6. The fraction of sp³-hybridized carbons (Fsp3) is 0.742. The van der Waals surface area contributed by atoms with Gasteiger partial charge in [-0.1, -0.05) is 44.7 Å². The van der Waals surface area contributed by atoms with Crippen LogP contribution in [0.2, 0.25) is 0 Å². The summed E-state index contributed by atoms with van der Waals surface area (Å²) >= 11 is 0. The van der Waals surface area contributed by atoms with Crippen molar-refractivity contribution in [2.45, 2.75) is 89.6 Å². The van der Waals surface area contributed by atoms with Crippen molar-refractivity contribution in [3.63, 3.8) is 0 Å². The predicted molar refractivity (Wildman–Crippen MR) is 155 cm³/mol. The first-order valence-electron chi connectivity index (χ1n) is 15.2. The van der Waals surface area contributed by atoms with E-state index in [1.165, 1.54) is 49.8 Å². The van der Waals surface area contributed by atoms with E-state index in [9.17, 15) is 18.1 Å². The number of fused-ring (bicyclic) bond motifs is 5. The lowest BCUT2D eigenvalue weighted by Gasteiger charge is -2.60. The molecule has 2 saturated carbocycles. The molecule has 3 N–H and O–H groups in total. The van der Waals surface area contributed by atoms with Crippen LogP contribution in [0.25, 0.3) is 0 Å². The quantitative estimate of drug-likeness (QED) is 0.186. The predicted octanol–water partition coefficient (Wildman–Crippen LogP) is 5.57. The summed E-state index contributed by atoms with van der Waals surface area (Å²) < 4.78 is 39.8. The number of ether oxygens (including phenoxy) is 1. The third kappa shape index (κ3) is 5.96. The molecule has 1 aromatic carbocycles. The molecule has 6 atom stereocenters. The van der Waals surface area contributed by atoms with E-state index in [4.69, 9.17) is 4.74 Å². The number of aliphatic hydroxyl groups is 1. The molecule has 0 radical (unpaired) electrons. The zero-order valence-electron chi connectivity index (χ0n) is 23.6. The van der Waals surface area contributed by atoms with Crippen LogP contribution in [0.1, 0.15) is 88.2 Å². The third-order valence-electron chi connectivity index (χ3n) is 10.8. The molecular formula is C31H48N2O5S. The maximum absolute atomic E-state index is 11.4. The Kier molecular flexibility index (Phi) is 8.80. The minimum Gasteiger partial charge on any atom is -0.393 e. The second-order valence-corrected chi connectivity index (χ2v) is 14.1. The van der Waals surface area contributed by atoms with Gasteiger partial charge in [0.25, 0.3) is 0 Å². The van der Waals surface area contributed by atoms with Crippen LogP contribution in [0.15, 0.2) is 30.9 Å². The van der Waals surface area contributed by atoms with Crippen LogP contribution in [0.4, 0.5) is 5.69 Å². The standard InChI is InChI=1S/C31H48N2O5S/c1-3-31-15-14-23-21-25(32-39(35,36)37)10-11-26(23)29(31)24(22-30(2)27(31)12-13-28(30)34)9-7-5-4-6-8-16-33-17-19-38-20-18-33/h3,10-11,21,24,27-29,32,34H,1,4-9,12-20,22H2,2H3,(H,35,36,37)/t24-,27?,28-,29?,30-,31?/m0/s1. The molecule has 218 valence electrons. The Labute approximate surface area is 235 Å². The topological polar surface area (TPSA) is 99.1 Å². The van der Waals surface area contributed by atoms with Gasteiger partial charge in [0.15, 0.2) is 0 Å². The Morgan fingerprint density at radius 3 is 2.64 bits per heavy atom. The maximum Gasteiger partial charge on any atom is 0.357 e. The normalized spacial score (nSPS) is 34.6. The van der Waals surface area contributed by atoms with E-state index in [0.717, 1.165) is 64.8 Å². The second-order valence-electron chi connectivity index (χ2n) is 12.9. The number of rotatable bonds is 11. The van der Waals surface area contributed by atoms with E-state index >= 15 is 0 Å². The first kappa shape index (κ1) is 29.1. The van der Waals surface area contributed by atoms with Crippen molar-refractivity contribution in [2.75, 3.05) is 37.6 Å². The van der Waals surface area contributed by atoms with Crippen LogP contribution in [-0.2, 0) is 21.5 Å². The smallest absolute Gasteiger partial charge is 0.357 e. The van der Waals surface area contributed by atoms with E-state index in [1.54, 1.807) is 6.07 Å². The molecule has 0 spiro atoms. The molecule has 39 heavy (non-hydrogen) atoms. The molecule has 1 heterocycles. The number of nitrogens with one attached hydrogen (secondary N) is 1. The van der Waals surface area contributed by atoms with Crippen molar-refractivity contribution < 1.29 is 22.8 Å². The van der Waals surface area contributed by atoms with Crippen LogP contribution in [0, 0.1) is 22.7 Å². The van der Waals surface area contributed by atoms with Gasteiger partial charge in [0.05, 0.1) is 25.0 Å². The second kappa shape index (κ2) is 11.8. The Balaban J connectivity index is 1.30. The van der Waals surface area contributed by atoms with Gasteiger partial charge in [-0.15, -0.1) is 6.58 Å². The molecule has 0 amide bonds. The van der Waals surface area contributed by atoms with Gasteiger partial charge in [0, 0.05) is 13.1 Å². The van der Waals surface area contributed by atoms with Crippen molar-refractivity contribution in [1.29, 1.82) is 0 Å². The molecule has 1 aromatic rings. The lowest BCUT2D eigenvalue weighted by atomic mass is 9.44. The maximum atomic E-state index is 11.4. The highest BCUT2D eigenvalue weighted by Crippen LogP contribution is 2.69. The number of benzene rings is 1. The summed E-state index contributed by atoms with van der Waals surface area (Å²) in [7, 11) is -4.31. The van der Waals surface area contributed by atoms with Crippen LogP contribution in [0.3, 0.4) is 0 Å². The Bertz CT molecular complexity index is 1120. The van der Waals surface area contributed by atoms with E-state index in [2.05, 4.69) is 35.3 Å². The lowest BCUT2D eigenvalue weighted by molar-refractivity contribution is -0.0812. The summed E-state index contributed by atoms with van der Waals surface area (Å²) in [6.07, 6.45) is 14.1. The van der Waals surface area contributed by atoms with Gasteiger partial charge in [0.1, 0.15) is 0 Å². The molecule has 5 rings (SSSR count). The fourth-order valence-corrected chi connectivity index (χ4v) is 9.44. The summed E-state index contributed by atoms with van der Waals surface area (Å²) in [6, 6.07) is 5.77. The zero-order chi connectivity index (χ0) is 27.7. The molecule has 1 aliphatic heterocycles. The van der Waals surface area contributed by atoms with E-state index in [0.29, 0.717) is 23.4 Å². The number of morpholine rings is 1. The van der Waals surface area contributed by atoms with Gasteiger partial charge in [-0.05, 0) is 103 Å². The lowest BCUT2D eigenvalue weighted by Crippen LogP contribution is -2.54. The molecule has 4 aliphatic rings. The number of hydrogen-bond acceptors (Lipinski definition) is 5. The molecule has 3 aliphatic carbocycles.